The predicted octanol–water partition coefficient (Wildman–Crippen LogP) is 5.32. The van der Waals surface area contributed by atoms with Crippen LogP contribution in [0.25, 0.3) is 0 Å². The molecule has 1 atom stereocenters. The number of anilines is 1. The Morgan fingerprint density at radius 3 is 2.43 bits per heavy atom. The number of hydrogen-bond acceptors (Lipinski definition) is 1. The van der Waals surface area contributed by atoms with Crippen molar-refractivity contribution < 1.29 is 8.78 Å². The fraction of sp³-hybridized carbons (Fsp3) is 0.333. The normalized spacial score (nSPS) is 12.3. The maximum atomic E-state index is 14.1. The van der Waals surface area contributed by atoms with Gasteiger partial charge in [-0.3, -0.25) is 0 Å². The van der Waals surface area contributed by atoms with Crippen LogP contribution in [0.1, 0.15) is 42.1 Å². The number of rotatable bonds is 4. The molecule has 2 aromatic rings. The summed E-state index contributed by atoms with van der Waals surface area (Å²) >= 11 is 0. The van der Waals surface area contributed by atoms with Crippen molar-refractivity contribution >= 4 is 5.69 Å². The minimum absolute atomic E-state index is 0.300. The zero-order valence-electron chi connectivity index (χ0n) is 12.9. The maximum absolute atomic E-state index is 14.1. The van der Waals surface area contributed by atoms with Crippen LogP contribution < -0.4 is 5.32 Å². The number of benzene rings is 2. The van der Waals surface area contributed by atoms with E-state index in [1.165, 1.54) is 17.7 Å². The average Bonchev–Trinajstić information content (AvgIpc) is 2.44. The zero-order chi connectivity index (χ0) is 15.6. The Balaban J connectivity index is 2.35. The average molecular weight is 289 g/mol. The van der Waals surface area contributed by atoms with E-state index >= 15 is 0 Å². The van der Waals surface area contributed by atoms with E-state index < -0.39 is 0 Å². The molecule has 2 aromatic carbocycles. The molecule has 0 amide bonds. The lowest BCUT2D eigenvalue weighted by molar-refractivity contribution is 0.571. The molecular formula is C18H21F2N. The molecule has 0 saturated heterocycles. The van der Waals surface area contributed by atoms with E-state index in [0.29, 0.717) is 11.1 Å². The SMILES string of the molecule is CCc1cccc(C)c1NC(C)c1cc(F)c(C)cc1F. The van der Waals surface area contributed by atoms with Crippen LogP contribution in [-0.4, -0.2) is 0 Å². The van der Waals surface area contributed by atoms with Gasteiger partial charge < -0.3 is 5.32 Å². The molecule has 2 rings (SSSR count). The molecule has 0 saturated carbocycles. The van der Waals surface area contributed by atoms with E-state index in [-0.39, 0.29) is 17.7 Å². The molecule has 0 aliphatic heterocycles. The summed E-state index contributed by atoms with van der Waals surface area (Å²) in [5, 5.41) is 3.33. The third-order valence-corrected chi connectivity index (χ3v) is 3.85. The van der Waals surface area contributed by atoms with Gasteiger partial charge in [-0.1, -0.05) is 25.1 Å². The fourth-order valence-corrected chi connectivity index (χ4v) is 2.52. The van der Waals surface area contributed by atoms with Crippen LogP contribution in [0.15, 0.2) is 30.3 Å². The molecule has 21 heavy (non-hydrogen) atoms. The molecule has 1 nitrogen and oxygen atoms in total. The van der Waals surface area contributed by atoms with Crippen LogP contribution in [0, 0.1) is 25.5 Å². The van der Waals surface area contributed by atoms with Crippen LogP contribution in [0.2, 0.25) is 0 Å². The minimum atomic E-state index is -0.375. The third kappa shape index (κ3) is 3.23. The molecule has 1 N–H and O–H groups in total. The van der Waals surface area contributed by atoms with Crippen molar-refractivity contribution in [2.75, 3.05) is 5.32 Å². The van der Waals surface area contributed by atoms with Gasteiger partial charge in [0.1, 0.15) is 11.6 Å². The highest BCUT2D eigenvalue weighted by Crippen LogP contribution is 2.28. The van der Waals surface area contributed by atoms with Crippen molar-refractivity contribution in [3.05, 3.63) is 64.2 Å². The number of hydrogen-bond donors (Lipinski definition) is 1. The first-order chi connectivity index (χ1) is 9.93. The number of halogens is 2. The van der Waals surface area contributed by atoms with Crippen molar-refractivity contribution in [2.45, 2.75) is 40.2 Å². The van der Waals surface area contributed by atoms with Gasteiger partial charge in [-0.25, -0.2) is 8.78 Å². The van der Waals surface area contributed by atoms with E-state index in [4.69, 9.17) is 0 Å². The first-order valence-electron chi connectivity index (χ1n) is 7.24. The monoisotopic (exact) mass is 289 g/mol. The number of nitrogens with one attached hydrogen (secondary N) is 1. The summed E-state index contributed by atoms with van der Waals surface area (Å²) in [6.45, 7) is 7.51. The Morgan fingerprint density at radius 2 is 1.76 bits per heavy atom. The quantitative estimate of drug-likeness (QED) is 0.803. The summed E-state index contributed by atoms with van der Waals surface area (Å²) in [7, 11) is 0. The molecule has 0 bridgehead atoms. The molecule has 0 spiro atoms. The van der Waals surface area contributed by atoms with Crippen molar-refractivity contribution in [3.8, 4) is 0 Å². The molecule has 3 heteroatoms. The molecule has 1 unspecified atom stereocenters. The standard InChI is InChI=1S/C18H21F2N/c1-5-14-8-6-7-11(2)18(14)21-13(4)15-10-16(19)12(3)9-17(15)20/h6-10,13,21H,5H2,1-4H3. The molecule has 0 heterocycles. The van der Waals surface area contributed by atoms with Gasteiger partial charge in [0.15, 0.2) is 0 Å². The Labute approximate surface area is 125 Å². The lowest BCUT2D eigenvalue weighted by Crippen LogP contribution is -2.12. The third-order valence-electron chi connectivity index (χ3n) is 3.85. The fourth-order valence-electron chi connectivity index (χ4n) is 2.52. The van der Waals surface area contributed by atoms with Gasteiger partial charge in [0.05, 0.1) is 6.04 Å². The van der Waals surface area contributed by atoms with Gasteiger partial charge in [-0.2, -0.15) is 0 Å². The van der Waals surface area contributed by atoms with Crippen molar-refractivity contribution in [1.29, 1.82) is 0 Å². The summed E-state index contributed by atoms with van der Waals surface area (Å²) in [6, 6.07) is 8.31. The first kappa shape index (κ1) is 15.5. The van der Waals surface area contributed by atoms with Crippen molar-refractivity contribution in [3.63, 3.8) is 0 Å². The number of aryl methyl sites for hydroxylation is 3. The highest BCUT2D eigenvalue weighted by molar-refractivity contribution is 5.58. The maximum Gasteiger partial charge on any atom is 0.128 e. The van der Waals surface area contributed by atoms with Crippen LogP contribution in [0.3, 0.4) is 0 Å². The summed E-state index contributed by atoms with van der Waals surface area (Å²) < 4.78 is 27.7. The van der Waals surface area contributed by atoms with Crippen LogP contribution in [-0.2, 0) is 6.42 Å². The molecule has 0 aromatic heterocycles. The Hall–Kier alpha value is -1.90. The highest BCUT2D eigenvalue weighted by atomic mass is 19.1. The smallest absolute Gasteiger partial charge is 0.128 e. The Kier molecular flexibility index (Phi) is 4.61. The highest BCUT2D eigenvalue weighted by Gasteiger charge is 2.15. The van der Waals surface area contributed by atoms with Gasteiger partial charge in [0.2, 0.25) is 0 Å². The van der Waals surface area contributed by atoms with E-state index in [1.807, 2.05) is 32.0 Å². The van der Waals surface area contributed by atoms with Gasteiger partial charge in [0, 0.05) is 11.3 Å². The topological polar surface area (TPSA) is 12.0 Å². The zero-order valence-corrected chi connectivity index (χ0v) is 12.9. The molecule has 0 aliphatic rings. The summed E-state index contributed by atoms with van der Waals surface area (Å²) in [4.78, 5) is 0. The van der Waals surface area contributed by atoms with Crippen LogP contribution in [0.5, 0.6) is 0 Å². The molecule has 0 aliphatic carbocycles. The second-order valence-corrected chi connectivity index (χ2v) is 5.45. The lowest BCUT2D eigenvalue weighted by atomic mass is 10.0. The second kappa shape index (κ2) is 6.25. The van der Waals surface area contributed by atoms with Crippen LogP contribution in [0.4, 0.5) is 14.5 Å². The second-order valence-electron chi connectivity index (χ2n) is 5.45. The minimum Gasteiger partial charge on any atom is -0.378 e. The van der Waals surface area contributed by atoms with E-state index in [9.17, 15) is 8.78 Å². The van der Waals surface area contributed by atoms with Gasteiger partial charge in [0.25, 0.3) is 0 Å². The molecule has 112 valence electrons. The van der Waals surface area contributed by atoms with E-state index in [1.54, 1.807) is 6.92 Å². The van der Waals surface area contributed by atoms with Crippen LogP contribution >= 0.6 is 0 Å². The van der Waals surface area contributed by atoms with E-state index in [0.717, 1.165) is 17.7 Å². The Bertz CT molecular complexity index is 650. The molecule has 0 radical (unpaired) electrons. The van der Waals surface area contributed by atoms with Crippen molar-refractivity contribution in [2.24, 2.45) is 0 Å². The molecule has 0 fully saturated rings. The number of para-hydroxylation sites is 1. The predicted molar refractivity (Wildman–Crippen MR) is 83.7 cm³/mol. The molecular weight excluding hydrogens is 268 g/mol. The summed E-state index contributed by atoms with van der Waals surface area (Å²) in [6.07, 6.45) is 0.890. The Morgan fingerprint density at radius 1 is 1.05 bits per heavy atom. The van der Waals surface area contributed by atoms with Gasteiger partial charge in [-0.05, 0) is 56.0 Å². The summed E-state index contributed by atoms with van der Waals surface area (Å²) in [5.41, 5.74) is 3.97. The first-order valence-corrected chi connectivity index (χ1v) is 7.24. The van der Waals surface area contributed by atoms with Crippen molar-refractivity contribution in [1.82, 2.24) is 0 Å². The van der Waals surface area contributed by atoms with E-state index in [2.05, 4.69) is 12.2 Å². The lowest BCUT2D eigenvalue weighted by Gasteiger charge is -2.21. The van der Waals surface area contributed by atoms with Gasteiger partial charge >= 0.3 is 0 Å². The summed E-state index contributed by atoms with van der Waals surface area (Å²) in [5.74, 6) is -0.749. The van der Waals surface area contributed by atoms with Gasteiger partial charge in [-0.15, -0.1) is 0 Å². The largest absolute Gasteiger partial charge is 0.378 e.